The molecule has 7 nitrogen and oxygen atoms in total. The maximum absolute atomic E-state index is 13.3. The Morgan fingerprint density at radius 2 is 1.87 bits per heavy atom. The van der Waals surface area contributed by atoms with E-state index in [1.807, 2.05) is 57.2 Å². The van der Waals surface area contributed by atoms with E-state index in [4.69, 9.17) is 10.4 Å². The molecule has 31 heavy (non-hydrogen) atoms. The zero-order valence-corrected chi connectivity index (χ0v) is 17.8. The smallest absolute Gasteiger partial charge is 0.267 e. The lowest BCUT2D eigenvalue weighted by Crippen LogP contribution is -2.37. The molecule has 0 unspecified atom stereocenters. The van der Waals surface area contributed by atoms with Crippen molar-refractivity contribution in [2.45, 2.75) is 39.8 Å². The first-order valence-electron chi connectivity index (χ1n) is 10.3. The molecule has 0 radical (unpaired) electrons. The minimum atomic E-state index is -0.371. The van der Waals surface area contributed by atoms with Crippen molar-refractivity contribution in [2.75, 3.05) is 0 Å². The Balaban J connectivity index is 1.98. The number of carbonyl (C=O) groups excluding carboxylic acids is 1. The van der Waals surface area contributed by atoms with Crippen LogP contribution in [0.5, 0.6) is 0 Å². The number of nitrogens with one attached hydrogen (secondary N) is 2. The van der Waals surface area contributed by atoms with E-state index in [0.29, 0.717) is 29.6 Å². The highest BCUT2D eigenvalue weighted by Gasteiger charge is 2.18. The van der Waals surface area contributed by atoms with Crippen molar-refractivity contribution in [3.05, 3.63) is 87.3 Å². The van der Waals surface area contributed by atoms with Gasteiger partial charge in [0.1, 0.15) is 16.8 Å². The lowest BCUT2D eigenvalue weighted by atomic mass is 10.1. The van der Waals surface area contributed by atoms with Gasteiger partial charge in [-0.15, -0.1) is 0 Å². The van der Waals surface area contributed by atoms with Crippen LogP contribution in [0, 0.1) is 12.3 Å². The minimum Gasteiger partial charge on any atom is -0.350 e. The lowest BCUT2D eigenvalue weighted by Gasteiger charge is -2.16. The summed E-state index contributed by atoms with van der Waals surface area (Å²) < 4.78 is 3.17. The summed E-state index contributed by atoms with van der Waals surface area (Å²) in [6.07, 6.45) is 2.32. The van der Waals surface area contributed by atoms with E-state index in [2.05, 4.69) is 5.32 Å². The highest BCUT2D eigenvalue weighted by atomic mass is 16.1. The number of amides is 1. The molecule has 1 aromatic carbocycles. The SMILES string of the molecule is Cc1cccn2c(=O)c3cc(C(=O)NC(C)C)c(=N)n(CCc4ccccc4)c3nc12. The van der Waals surface area contributed by atoms with Crippen LogP contribution in [-0.2, 0) is 13.0 Å². The van der Waals surface area contributed by atoms with E-state index in [0.717, 1.165) is 11.1 Å². The molecule has 4 rings (SSSR count). The zero-order valence-electron chi connectivity index (χ0n) is 17.8. The molecule has 7 heteroatoms. The highest BCUT2D eigenvalue weighted by Crippen LogP contribution is 2.14. The number of carbonyl (C=O) groups is 1. The number of rotatable bonds is 5. The molecule has 0 saturated heterocycles. The second-order valence-corrected chi connectivity index (χ2v) is 7.96. The fraction of sp³-hybridized carbons (Fsp3) is 0.250. The van der Waals surface area contributed by atoms with Crippen molar-refractivity contribution in [1.82, 2.24) is 19.3 Å². The van der Waals surface area contributed by atoms with Crippen LogP contribution in [-0.4, -0.2) is 25.9 Å². The van der Waals surface area contributed by atoms with E-state index >= 15 is 0 Å². The van der Waals surface area contributed by atoms with Gasteiger partial charge in [0, 0.05) is 18.8 Å². The third-order valence-electron chi connectivity index (χ3n) is 5.26. The summed E-state index contributed by atoms with van der Waals surface area (Å²) in [4.78, 5) is 30.8. The van der Waals surface area contributed by atoms with Gasteiger partial charge in [0.15, 0.2) is 0 Å². The summed E-state index contributed by atoms with van der Waals surface area (Å²) >= 11 is 0. The Labute approximate surface area is 179 Å². The molecule has 1 amide bonds. The Hall–Kier alpha value is -3.74. The van der Waals surface area contributed by atoms with Crippen LogP contribution in [0.3, 0.4) is 0 Å². The van der Waals surface area contributed by atoms with E-state index in [1.165, 1.54) is 10.5 Å². The first kappa shape index (κ1) is 20.5. The van der Waals surface area contributed by atoms with Crippen molar-refractivity contribution < 1.29 is 4.79 Å². The molecule has 0 aliphatic carbocycles. The van der Waals surface area contributed by atoms with Gasteiger partial charge in [0.2, 0.25) is 0 Å². The molecule has 2 N–H and O–H groups in total. The topological polar surface area (TPSA) is 92.3 Å². The number of benzene rings is 1. The molecule has 0 atom stereocenters. The molecule has 0 aliphatic rings. The van der Waals surface area contributed by atoms with Gasteiger partial charge in [-0.2, -0.15) is 0 Å². The number of aromatic nitrogens is 3. The molecule has 0 fully saturated rings. The first-order valence-corrected chi connectivity index (χ1v) is 10.3. The molecule has 158 valence electrons. The van der Waals surface area contributed by atoms with E-state index in [1.54, 1.807) is 16.8 Å². The van der Waals surface area contributed by atoms with E-state index < -0.39 is 0 Å². The van der Waals surface area contributed by atoms with Gasteiger partial charge in [0.25, 0.3) is 11.5 Å². The number of fused-ring (bicyclic) bond motifs is 2. The van der Waals surface area contributed by atoms with Gasteiger partial charge in [-0.25, -0.2) is 4.98 Å². The van der Waals surface area contributed by atoms with Crippen molar-refractivity contribution in [1.29, 1.82) is 5.41 Å². The predicted molar refractivity (Wildman–Crippen MR) is 120 cm³/mol. The second kappa shape index (κ2) is 8.18. The number of nitrogens with zero attached hydrogens (tertiary/aromatic N) is 3. The molecular weight excluding hydrogens is 390 g/mol. The number of hydrogen-bond acceptors (Lipinski definition) is 4. The zero-order chi connectivity index (χ0) is 22.1. The third kappa shape index (κ3) is 3.86. The monoisotopic (exact) mass is 415 g/mol. The summed E-state index contributed by atoms with van der Waals surface area (Å²) in [7, 11) is 0. The Kier molecular flexibility index (Phi) is 5.42. The van der Waals surface area contributed by atoms with Crippen molar-refractivity contribution in [3.63, 3.8) is 0 Å². The molecule has 4 aromatic rings. The average Bonchev–Trinajstić information content (AvgIpc) is 2.74. The van der Waals surface area contributed by atoms with Gasteiger partial charge >= 0.3 is 0 Å². The summed E-state index contributed by atoms with van der Waals surface area (Å²) in [5, 5.41) is 11.9. The number of hydrogen-bond donors (Lipinski definition) is 2. The van der Waals surface area contributed by atoms with Crippen LogP contribution in [0.25, 0.3) is 16.7 Å². The Morgan fingerprint density at radius 3 is 2.58 bits per heavy atom. The van der Waals surface area contributed by atoms with Crippen molar-refractivity contribution in [2.24, 2.45) is 0 Å². The molecule has 0 bridgehead atoms. The standard InChI is InChI=1S/C24H25N5O2/c1-15(2)26-23(30)18-14-19-22(27-21-16(3)8-7-12-29(21)24(19)31)28(20(18)25)13-11-17-9-5-4-6-10-17/h4-10,12,14-15,25H,11,13H2,1-3H3,(H,26,30). The van der Waals surface area contributed by atoms with Crippen LogP contribution in [0.2, 0.25) is 0 Å². The number of pyridine rings is 2. The van der Waals surface area contributed by atoms with Gasteiger partial charge in [0.05, 0.1) is 10.9 Å². The van der Waals surface area contributed by atoms with Crippen LogP contribution < -0.4 is 16.4 Å². The van der Waals surface area contributed by atoms with Crippen LogP contribution in [0.4, 0.5) is 0 Å². The van der Waals surface area contributed by atoms with Gasteiger partial charge in [-0.3, -0.25) is 19.4 Å². The van der Waals surface area contributed by atoms with E-state index in [-0.39, 0.29) is 28.6 Å². The second-order valence-electron chi connectivity index (χ2n) is 7.96. The quantitative estimate of drug-likeness (QED) is 0.491. The Bertz CT molecular complexity index is 1400. The maximum atomic E-state index is 13.3. The van der Waals surface area contributed by atoms with Crippen molar-refractivity contribution in [3.8, 4) is 0 Å². The Morgan fingerprint density at radius 1 is 1.13 bits per heavy atom. The fourth-order valence-corrected chi connectivity index (χ4v) is 3.71. The summed E-state index contributed by atoms with van der Waals surface area (Å²) in [5.41, 5.74) is 2.90. The van der Waals surface area contributed by atoms with Crippen LogP contribution in [0.1, 0.15) is 35.3 Å². The molecule has 3 heterocycles. The molecule has 0 aliphatic heterocycles. The third-order valence-corrected chi connectivity index (χ3v) is 5.26. The molecule has 0 saturated carbocycles. The largest absolute Gasteiger partial charge is 0.350 e. The molecular formula is C24H25N5O2. The van der Waals surface area contributed by atoms with Gasteiger partial charge < -0.3 is 9.88 Å². The highest BCUT2D eigenvalue weighted by molar-refractivity contribution is 5.97. The minimum absolute atomic E-state index is 0.0476. The summed E-state index contributed by atoms with van der Waals surface area (Å²) in [6, 6.07) is 15.0. The maximum Gasteiger partial charge on any atom is 0.267 e. The molecule has 3 aromatic heterocycles. The van der Waals surface area contributed by atoms with Gasteiger partial charge in [-0.1, -0.05) is 36.4 Å². The van der Waals surface area contributed by atoms with Crippen LogP contribution in [0.15, 0.2) is 59.5 Å². The van der Waals surface area contributed by atoms with Crippen molar-refractivity contribution >= 4 is 22.6 Å². The summed E-state index contributed by atoms with van der Waals surface area (Å²) in [5.74, 6) is -0.371. The fourth-order valence-electron chi connectivity index (χ4n) is 3.71. The number of aryl methyl sites for hydroxylation is 3. The molecule has 0 spiro atoms. The van der Waals surface area contributed by atoms with Gasteiger partial charge in [-0.05, 0) is 50.5 Å². The van der Waals surface area contributed by atoms with E-state index in [9.17, 15) is 9.59 Å². The normalized spacial score (nSPS) is 11.4. The first-order chi connectivity index (χ1) is 14.9. The average molecular weight is 415 g/mol. The predicted octanol–water partition coefficient (Wildman–Crippen LogP) is 2.82. The summed E-state index contributed by atoms with van der Waals surface area (Å²) in [6.45, 7) is 6.04. The van der Waals surface area contributed by atoms with Crippen LogP contribution >= 0.6 is 0 Å². The lowest BCUT2D eigenvalue weighted by molar-refractivity contribution is 0.0940.